The maximum Gasteiger partial charge on any atom is 0.280 e. The van der Waals surface area contributed by atoms with Crippen LogP contribution in [-0.4, -0.2) is 37.7 Å². The van der Waals surface area contributed by atoms with Crippen LogP contribution >= 0.6 is 0 Å². The Morgan fingerprint density at radius 3 is 2.43 bits per heavy atom. The Bertz CT molecular complexity index is 1220. The average molecular weight is 425 g/mol. The molecule has 0 bridgehead atoms. The van der Waals surface area contributed by atoms with Crippen LogP contribution in [0.15, 0.2) is 72.7 Å². The summed E-state index contributed by atoms with van der Waals surface area (Å²) in [7, 11) is -3.78. The number of nitrogens with one attached hydrogen (secondary N) is 1. The Kier molecular flexibility index (Phi) is 5.19. The normalized spacial score (nSPS) is 11.6. The van der Waals surface area contributed by atoms with Gasteiger partial charge in [-0.05, 0) is 44.2 Å². The lowest BCUT2D eigenvalue weighted by Crippen LogP contribution is -2.13. The minimum absolute atomic E-state index is 0.0372. The topological polar surface area (TPSA) is 117 Å². The standard InChI is InChI=1S/C19H19N7O3S/c1-14(2)26-11-19(21-13-26)30(27,28)24-15-3-5-16(6-4-15)29-18-8-7-17(22-23-18)25-10-9-20-12-25/h3-14,24H,1-2H3. The number of hydrogen-bond acceptors (Lipinski definition) is 7. The SMILES string of the molecule is CC(C)n1cnc(S(=O)(=O)Nc2ccc(Oc3ccc(-n4ccnc4)nn3)cc2)c1. The number of anilines is 1. The molecule has 0 aliphatic heterocycles. The third-order valence-electron chi connectivity index (χ3n) is 4.17. The zero-order chi connectivity index (χ0) is 21.1. The monoisotopic (exact) mass is 425 g/mol. The number of sulfonamides is 1. The molecular weight excluding hydrogens is 406 g/mol. The second-order valence-corrected chi connectivity index (χ2v) is 8.31. The first-order valence-electron chi connectivity index (χ1n) is 9.07. The highest BCUT2D eigenvalue weighted by Gasteiger charge is 2.18. The fourth-order valence-corrected chi connectivity index (χ4v) is 3.56. The molecule has 0 saturated heterocycles. The summed E-state index contributed by atoms with van der Waals surface area (Å²) < 4.78 is 36.6. The quantitative estimate of drug-likeness (QED) is 0.484. The van der Waals surface area contributed by atoms with Crippen molar-refractivity contribution in [2.45, 2.75) is 24.9 Å². The lowest BCUT2D eigenvalue weighted by molar-refractivity contribution is 0.454. The van der Waals surface area contributed by atoms with Crippen LogP contribution in [0.3, 0.4) is 0 Å². The molecule has 4 rings (SSSR count). The summed E-state index contributed by atoms with van der Waals surface area (Å²) in [5.41, 5.74) is 0.392. The van der Waals surface area contributed by atoms with E-state index in [-0.39, 0.29) is 11.1 Å². The van der Waals surface area contributed by atoms with Crippen LogP contribution < -0.4 is 9.46 Å². The van der Waals surface area contributed by atoms with Crippen molar-refractivity contribution in [3.8, 4) is 17.4 Å². The van der Waals surface area contributed by atoms with Gasteiger partial charge in [0.2, 0.25) is 5.88 Å². The van der Waals surface area contributed by atoms with Crippen LogP contribution in [0, 0.1) is 0 Å². The molecule has 0 aliphatic rings. The highest BCUT2D eigenvalue weighted by molar-refractivity contribution is 7.92. The molecule has 0 radical (unpaired) electrons. The second kappa shape index (κ2) is 7.95. The fourth-order valence-electron chi connectivity index (χ4n) is 2.56. The molecule has 0 amide bonds. The smallest absolute Gasteiger partial charge is 0.280 e. The van der Waals surface area contributed by atoms with E-state index in [2.05, 4.69) is 24.9 Å². The van der Waals surface area contributed by atoms with E-state index in [0.29, 0.717) is 23.1 Å². The highest BCUT2D eigenvalue weighted by Crippen LogP contribution is 2.23. The Labute approximate surface area is 173 Å². The van der Waals surface area contributed by atoms with Crippen molar-refractivity contribution in [3.63, 3.8) is 0 Å². The number of nitrogens with zero attached hydrogens (tertiary/aromatic N) is 6. The Morgan fingerprint density at radius 1 is 1.03 bits per heavy atom. The Morgan fingerprint density at radius 2 is 1.83 bits per heavy atom. The van der Waals surface area contributed by atoms with Crippen LogP contribution in [0.4, 0.5) is 5.69 Å². The summed E-state index contributed by atoms with van der Waals surface area (Å²) >= 11 is 0. The molecule has 11 heteroatoms. The zero-order valence-electron chi connectivity index (χ0n) is 16.2. The first-order valence-corrected chi connectivity index (χ1v) is 10.6. The van der Waals surface area contributed by atoms with E-state index >= 15 is 0 Å². The Balaban J connectivity index is 1.42. The molecule has 0 saturated carbocycles. The number of imidazole rings is 2. The summed E-state index contributed by atoms with van der Waals surface area (Å²) in [5, 5.41) is 8.07. The molecule has 0 atom stereocenters. The van der Waals surface area contributed by atoms with Crippen molar-refractivity contribution < 1.29 is 13.2 Å². The van der Waals surface area contributed by atoms with Gasteiger partial charge in [0, 0.05) is 36.4 Å². The lowest BCUT2D eigenvalue weighted by Gasteiger charge is -2.08. The average Bonchev–Trinajstić information content (AvgIpc) is 3.43. The summed E-state index contributed by atoms with van der Waals surface area (Å²) in [5.74, 6) is 1.42. The van der Waals surface area contributed by atoms with Gasteiger partial charge < -0.3 is 9.30 Å². The van der Waals surface area contributed by atoms with Crippen molar-refractivity contribution in [1.82, 2.24) is 29.3 Å². The predicted molar refractivity (Wildman–Crippen MR) is 109 cm³/mol. The zero-order valence-corrected chi connectivity index (χ0v) is 17.1. The molecule has 3 aromatic heterocycles. The molecule has 0 spiro atoms. The van der Waals surface area contributed by atoms with Gasteiger partial charge in [-0.2, -0.15) is 8.42 Å². The van der Waals surface area contributed by atoms with Crippen molar-refractivity contribution in [2.24, 2.45) is 0 Å². The van der Waals surface area contributed by atoms with E-state index < -0.39 is 10.0 Å². The van der Waals surface area contributed by atoms with Gasteiger partial charge in [0.15, 0.2) is 10.8 Å². The summed E-state index contributed by atoms with van der Waals surface area (Å²) in [6, 6.07) is 10.0. The first kappa shape index (κ1) is 19.6. The van der Waals surface area contributed by atoms with E-state index in [0.717, 1.165) is 0 Å². The Hall–Kier alpha value is -3.73. The number of aromatic nitrogens is 6. The molecule has 1 aromatic carbocycles. The number of rotatable bonds is 7. The molecule has 154 valence electrons. The number of benzene rings is 1. The number of hydrogen-bond donors (Lipinski definition) is 1. The van der Waals surface area contributed by atoms with Crippen molar-refractivity contribution >= 4 is 15.7 Å². The van der Waals surface area contributed by atoms with Gasteiger partial charge >= 0.3 is 0 Å². The van der Waals surface area contributed by atoms with E-state index in [1.807, 2.05) is 13.8 Å². The van der Waals surface area contributed by atoms with Crippen LogP contribution in [0.1, 0.15) is 19.9 Å². The van der Waals surface area contributed by atoms with Crippen molar-refractivity contribution in [2.75, 3.05) is 4.72 Å². The molecular formula is C19H19N7O3S. The van der Waals surface area contributed by atoms with Gasteiger partial charge in [0.1, 0.15) is 12.1 Å². The molecule has 3 heterocycles. The van der Waals surface area contributed by atoms with Gasteiger partial charge in [0.25, 0.3) is 10.0 Å². The number of ether oxygens (including phenoxy) is 1. The summed E-state index contributed by atoms with van der Waals surface area (Å²) in [6.45, 7) is 3.89. The minimum atomic E-state index is -3.78. The van der Waals surface area contributed by atoms with Crippen LogP contribution in [0.5, 0.6) is 11.6 Å². The van der Waals surface area contributed by atoms with Crippen LogP contribution in [-0.2, 0) is 10.0 Å². The van der Waals surface area contributed by atoms with Crippen LogP contribution in [0.25, 0.3) is 5.82 Å². The summed E-state index contributed by atoms with van der Waals surface area (Å²) in [6.07, 6.45) is 8.03. The maximum atomic E-state index is 12.5. The van der Waals surface area contributed by atoms with Crippen LogP contribution in [0.2, 0.25) is 0 Å². The minimum Gasteiger partial charge on any atom is -0.438 e. The lowest BCUT2D eigenvalue weighted by atomic mass is 10.3. The molecule has 0 unspecified atom stereocenters. The van der Waals surface area contributed by atoms with Gasteiger partial charge in [-0.25, -0.2) is 9.97 Å². The van der Waals surface area contributed by atoms with Crippen molar-refractivity contribution in [3.05, 3.63) is 67.6 Å². The molecule has 10 nitrogen and oxygen atoms in total. The highest BCUT2D eigenvalue weighted by atomic mass is 32.2. The van der Waals surface area contributed by atoms with Gasteiger partial charge in [-0.1, -0.05) is 0 Å². The largest absolute Gasteiger partial charge is 0.438 e. The van der Waals surface area contributed by atoms with Gasteiger partial charge in [0.05, 0.1) is 6.33 Å². The second-order valence-electron chi connectivity index (χ2n) is 6.68. The molecule has 30 heavy (non-hydrogen) atoms. The first-order chi connectivity index (χ1) is 14.4. The van der Waals surface area contributed by atoms with E-state index in [1.54, 1.807) is 64.3 Å². The molecule has 0 aliphatic carbocycles. The van der Waals surface area contributed by atoms with E-state index in [1.165, 1.54) is 12.5 Å². The maximum absolute atomic E-state index is 12.5. The van der Waals surface area contributed by atoms with Gasteiger partial charge in [-0.15, -0.1) is 10.2 Å². The third-order valence-corrected chi connectivity index (χ3v) is 5.44. The van der Waals surface area contributed by atoms with Crippen molar-refractivity contribution in [1.29, 1.82) is 0 Å². The fraction of sp³-hybridized carbons (Fsp3) is 0.158. The summed E-state index contributed by atoms with van der Waals surface area (Å²) in [4.78, 5) is 7.93. The van der Waals surface area contributed by atoms with E-state index in [9.17, 15) is 8.42 Å². The third kappa shape index (κ3) is 4.30. The molecule has 1 N–H and O–H groups in total. The molecule has 4 aromatic rings. The van der Waals surface area contributed by atoms with Gasteiger partial charge in [-0.3, -0.25) is 9.29 Å². The molecule has 0 fully saturated rings. The predicted octanol–water partition coefficient (Wildman–Crippen LogP) is 3.03. The van der Waals surface area contributed by atoms with E-state index in [4.69, 9.17) is 4.74 Å².